The van der Waals surface area contributed by atoms with Crippen LogP contribution in [0.5, 0.6) is 0 Å². The zero-order valence-electron chi connectivity index (χ0n) is 9.78. The Kier molecular flexibility index (Phi) is 4.65. The molecule has 1 unspecified atom stereocenters. The maximum absolute atomic E-state index is 11.8. The number of rotatable bonds is 5. The van der Waals surface area contributed by atoms with E-state index in [9.17, 15) is 14.7 Å². The number of carbonyl (C=O) groups excluding carboxylic acids is 1. The van der Waals surface area contributed by atoms with Crippen molar-refractivity contribution in [2.45, 2.75) is 38.1 Å². The Hall–Kier alpha value is -0.710. The van der Waals surface area contributed by atoms with Crippen molar-refractivity contribution in [3.63, 3.8) is 0 Å². The molecule has 0 aromatic rings. The summed E-state index contributed by atoms with van der Waals surface area (Å²) in [4.78, 5) is 23.0. The van der Waals surface area contributed by atoms with Gasteiger partial charge in [-0.2, -0.15) is 11.8 Å². The number of nitrogens with one attached hydrogen (secondary N) is 1. The predicted molar refractivity (Wildman–Crippen MR) is 64.5 cm³/mol. The van der Waals surface area contributed by atoms with Gasteiger partial charge in [0.05, 0.1) is 0 Å². The van der Waals surface area contributed by atoms with E-state index >= 15 is 0 Å². The molecule has 0 radical (unpaired) electrons. The summed E-state index contributed by atoms with van der Waals surface area (Å²) in [5.74, 6) is -0.443. The third-order valence-electron chi connectivity index (χ3n) is 3.09. The molecule has 4 nitrogen and oxygen atoms in total. The second-order valence-electron chi connectivity index (χ2n) is 4.44. The number of carboxylic acids is 1. The van der Waals surface area contributed by atoms with Gasteiger partial charge in [-0.05, 0) is 19.1 Å². The lowest BCUT2D eigenvalue weighted by molar-refractivity contribution is -0.147. The molecule has 2 N–H and O–H groups in total. The van der Waals surface area contributed by atoms with Crippen molar-refractivity contribution in [1.29, 1.82) is 0 Å². The first kappa shape index (κ1) is 13.4. The molecule has 1 amide bonds. The summed E-state index contributed by atoms with van der Waals surface area (Å²) < 4.78 is 0. The van der Waals surface area contributed by atoms with E-state index in [4.69, 9.17) is 0 Å². The topological polar surface area (TPSA) is 66.4 Å². The third-order valence-corrected chi connectivity index (χ3v) is 3.93. The Morgan fingerprint density at radius 2 is 2.00 bits per heavy atom. The first-order valence-electron chi connectivity index (χ1n) is 5.56. The fraction of sp³-hybridized carbons (Fsp3) is 0.818. The number of thioether (sulfide) groups is 1. The lowest BCUT2D eigenvalue weighted by Crippen LogP contribution is -2.54. The predicted octanol–water partition coefficient (Wildman–Crippen LogP) is 1.50. The largest absolute Gasteiger partial charge is 0.480 e. The molecular weight excluding hydrogens is 226 g/mol. The number of hydrogen-bond acceptors (Lipinski definition) is 3. The molecule has 0 spiro atoms. The molecule has 0 aromatic carbocycles. The normalized spacial score (nSPS) is 20.4. The van der Waals surface area contributed by atoms with Crippen LogP contribution in [0.2, 0.25) is 0 Å². The fourth-order valence-electron chi connectivity index (χ4n) is 2.06. The van der Waals surface area contributed by atoms with E-state index in [2.05, 4.69) is 5.32 Å². The molecule has 16 heavy (non-hydrogen) atoms. The minimum atomic E-state index is -0.996. The summed E-state index contributed by atoms with van der Waals surface area (Å²) in [6.07, 6.45) is 4.80. The van der Waals surface area contributed by atoms with E-state index < -0.39 is 11.5 Å². The van der Waals surface area contributed by atoms with Crippen LogP contribution in [0.4, 0.5) is 0 Å². The van der Waals surface area contributed by atoms with Gasteiger partial charge in [0.2, 0.25) is 5.91 Å². The quantitative estimate of drug-likeness (QED) is 0.770. The monoisotopic (exact) mass is 245 g/mol. The van der Waals surface area contributed by atoms with E-state index in [0.29, 0.717) is 12.8 Å². The van der Waals surface area contributed by atoms with Crippen LogP contribution in [0.25, 0.3) is 0 Å². The second-order valence-corrected chi connectivity index (χ2v) is 5.35. The summed E-state index contributed by atoms with van der Waals surface area (Å²) in [5, 5.41) is 11.9. The summed E-state index contributed by atoms with van der Waals surface area (Å²) in [6, 6.07) is 0. The van der Waals surface area contributed by atoms with Crippen LogP contribution >= 0.6 is 11.8 Å². The van der Waals surface area contributed by atoms with Crippen molar-refractivity contribution in [2.75, 3.05) is 12.0 Å². The van der Waals surface area contributed by atoms with Crippen molar-refractivity contribution in [1.82, 2.24) is 5.32 Å². The Bertz CT molecular complexity index is 274. The van der Waals surface area contributed by atoms with Crippen molar-refractivity contribution in [3.05, 3.63) is 0 Å². The minimum Gasteiger partial charge on any atom is -0.480 e. The van der Waals surface area contributed by atoms with Crippen LogP contribution < -0.4 is 5.32 Å². The first-order valence-corrected chi connectivity index (χ1v) is 6.95. The molecular formula is C11H19NO3S. The Morgan fingerprint density at radius 3 is 2.44 bits per heavy atom. The number of aliphatic carboxylic acids is 1. The minimum absolute atomic E-state index is 0.133. The molecule has 1 aliphatic rings. The van der Waals surface area contributed by atoms with Gasteiger partial charge in [-0.1, -0.05) is 19.8 Å². The average Bonchev–Trinajstić information content (AvgIpc) is 2.68. The number of carboxylic acid groups (broad SMARTS) is 1. The maximum atomic E-state index is 11.8. The molecule has 1 saturated carbocycles. The maximum Gasteiger partial charge on any atom is 0.329 e. The van der Waals surface area contributed by atoms with Crippen LogP contribution in [0, 0.1) is 5.92 Å². The zero-order chi connectivity index (χ0) is 12.2. The number of amides is 1. The number of hydrogen-bond donors (Lipinski definition) is 2. The van der Waals surface area contributed by atoms with E-state index in [0.717, 1.165) is 18.6 Å². The van der Waals surface area contributed by atoms with Crippen molar-refractivity contribution < 1.29 is 14.7 Å². The molecule has 5 heteroatoms. The van der Waals surface area contributed by atoms with Gasteiger partial charge in [-0.25, -0.2) is 4.79 Å². The Labute approximate surface area is 100 Å². The zero-order valence-corrected chi connectivity index (χ0v) is 10.6. The molecule has 1 aliphatic carbocycles. The van der Waals surface area contributed by atoms with E-state index in [1.54, 1.807) is 11.8 Å². The van der Waals surface area contributed by atoms with E-state index in [1.807, 2.05) is 13.2 Å². The summed E-state index contributed by atoms with van der Waals surface area (Å²) in [5.41, 5.74) is -0.996. The molecule has 92 valence electrons. The highest BCUT2D eigenvalue weighted by Crippen LogP contribution is 2.30. The Balaban J connectivity index is 2.62. The second kappa shape index (κ2) is 5.57. The fourth-order valence-corrected chi connectivity index (χ4v) is 2.71. The highest BCUT2D eigenvalue weighted by atomic mass is 32.2. The van der Waals surface area contributed by atoms with Gasteiger partial charge in [0.15, 0.2) is 0 Å². The van der Waals surface area contributed by atoms with Gasteiger partial charge in [0.1, 0.15) is 5.54 Å². The molecule has 0 bridgehead atoms. The first-order chi connectivity index (χ1) is 7.52. The lowest BCUT2D eigenvalue weighted by atomic mass is 9.97. The number of carbonyl (C=O) groups is 2. The van der Waals surface area contributed by atoms with Crippen LogP contribution in [-0.4, -0.2) is 34.5 Å². The van der Waals surface area contributed by atoms with Crippen molar-refractivity contribution >= 4 is 23.6 Å². The van der Waals surface area contributed by atoms with E-state index in [1.165, 1.54) is 0 Å². The summed E-state index contributed by atoms with van der Waals surface area (Å²) >= 11 is 1.60. The van der Waals surface area contributed by atoms with Gasteiger partial charge in [-0.3, -0.25) is 4.79 Å². The highest BCUT2D eigenvalue weighted by molar-refractivity contribution is 7.98. The van der Waals surface area contributed by atoms with Gasteiger partial charge in [0.25, 0.3) is 0 Å². The van der Waals surface area contributed by atoms with Gasteiger partial charge >= 0.3 is 5.97 Å². The summed E-state index contributed by atoms with van der Waals surface area (Å²) in [7, 11) is 0. The van der Waals surface area contributed by atoms with Gasteiger partial charge in [-0.15, -0.1) is 0 Å². The van der Waals surface area contributed by atoms with Crippen molar-refractivity contribution in [3.8, 4) is 0 Å². The smallest absolute Gasteiger partial charge is 0.329 e. The molecule has 0 aliphatic heterocycles. The molecule has 0 saturated heterocycles. The SMILES string of the molecule is CSCC(C)C(=O)NC1(C(=O)O)CCCC1. The summed E-state index contributed by atoms with van der Waals surface area (Å²) in [6.45, 7) is 1.83. The average molecular weight is 245 g/mol. The highest BCUT2D eigenvalue weighted by Gasteiger charge is 2.43. The van der Waals surface area contributed by atoms with E-state index in [-0.39, 0.29) is 11.8 Å². The molecule has 0 heterocycles. The van der Waals surface area contributed by atoms with Crippen molar-refractivity contribution in [2.24, 2.45) is 5.92 Å². The van der Waals surface area contributed by atoms with Crippen LogP contribution in [-0.2, 0) is 9.59 Å². The van der Waals surface area contributed by atoms with Crippen LogP contribution in [0.3, 0.4) is 0 Å². The molecule has 1 rings (SSSR count). The molecule has 1 fully saturated rings. The van der Waals surface area contributed by atoms with Gasteiger partial charge < -0.3 is 10.4 Å². The lowest BCUT2D eigenvalue weighted by Gasteiger charge is -2.26. The van der Waals surface area contributed by atoms with Gasteiger partial charge in [0, 0.05) is 11.7 Å². The third kappa shape index (κ3) is 2.90. The Morgan fingerprint density at radius 1 is 1.44 bits per heavy atom. The molecule has 1 atom stereocenters. The molecule has 0 aromatic heterocycles. The van der Waals surface area contributed by atoms with Crippen LogP contribution in [0.15, 0.2) is 0 Å². The standard InChI is InChI=1S/C11H19NO3S/c1-8(7-16-2)9(13)12-11(10(14)15)5-3-4-6-11/h8H,3-7H2,1-2H3,(H,12,13)(H,14,15). The van der Waals surface area contributed by atoms with Crippen LogP contribution in [0.1, 0.15) is 32.6 Å².